The standard InChI is InChI=1S/C15H16BNO4/c1-21-14-8-4-12(5-9-14)15(18)17-10-11-2-6-13(7-3-11)16(19)20/h2-9,19-20H,10H2,1H3,(H,17,18). The van der Waals surface area contributed by atoms with E-state index in [1.165, 1.54) is 0 Å². The lowest BCUT2D eigenvalue weighted by molar-refractivity contribution is 0.0951. The molecule has 5 nitrogen and oxygen atoms in total. The minimum atomic E-state index is -1.48. The Morgan fingerprint density at radius 3 is 2.24 bits per heavy atom. The van der Waals surface area contributed by atoms with Gasteiger partial charge in [0.05, 0.1) is 7.11 Å². The summed E-state index contributed by atoms with van der Waals surface area (Å²) >= 11 is 0. The highest BCUT2D eigenvalue weighted by molar-refractivity contribution is 6.58. The van der Waals surface area contributed by atoms with E-state index in [1.54, 1.807) is 55.6 Å². The molecule has 3 N–H and O–H groups in total. The Balaban J connectivity index is 1.93. The van der Waals surface area contributed by atoms with Crippen molar-refractivity contribution in [2.75, 3.05) is 7.11 Å². The number of carbonyl (C=O) groups excluding carboxylic acids is 1. The van der Waals surface area contributed by atoms with E-state index in [4.69, 9.17) is 14.8 Å². The minimum absolute atomic E-state index is 0.177. The fourth-order valence-corrected chi connectivity index (χ4v) is 1.83. The van der Waals surface area contributed by atoms with Crippen LogP contribution in [0.25, 0.3) is 0 Å². The van der Waals surface area contributed by atoms with Crippen LogP contribution >= 0.6 is 0 Å². The van der Waals surface area contributed by atoms with Gasteiger partial charge in [-0.25, -0.2) is 0 Å². The van der Waals surface area contributed by atoms with E-state index < -0.39 is 7.12 Å². The van der Waals surface area contributed by atoms with Gasteiger partial charge in [-0.05, 0) is 35.3 Å². The highest BCUT2D eigenvalue weighted by Gasteiger charge is 2.10. The minimum Gasteiger partial charge on any atom is -0.497 e. The van der Waals surface area contributed by atoms with Crippen LogP contribution in [0.15, 0.2) is 48.5 Å². The molecule has 0 bridgehead atoms. The molecule has 0 aliphatic carbocycles. The molecule has 0 spiro atoms. The number of carbonyl (C=O) groups is 1. The molecule has 0 fully saturated rings. The van der Waals surface area contributed by atoms with Crippen molar-refractivity contribution >= 4 is 18.5 Å². The maximum atomic E-state index is 12.0. The van der Waals surface area contributed by atoms with Crippen molar-refractivity contribution in [3.8, 4) is 5.75 Å². The van der Waals surface area contributed by atoms with Crippen molar-refractivity contribution in [2.45, 2.75) is 6.54 Å². The topological polar surface area (TPSA) is 78.8 Å². The molecule has 0 saturated heterocycles. The van der Waals surface area contributed by atoms with Crippen molar-refractivity contribution in [1.29, 1.82) is 0 Å². The molecule has 0 aromatic heterocycles. The first-order chi connectivity index (χ1) is 10.1. The average Bonchev–Trinajstić information content (AvgIpc) is 2.53. The molecule has 0 radical (unpaired) electrons. The normalized spacial score (nSPS) is 10.0. The summed E-state index contributed by atoms with van der Waals surface area (Å²) in [5.41, 5.74) is 1.85. The summed E-state index contributed by atoms with van der Waals surface area (Å²) in [6.07, 6.45) is 0. The third-order valence-corrected chi connectivity index (χ3v) is 3.08. The largest absolute Gasteiger partial charge is 0.497 e. The van der Waals surface area contributed by atoms with E-state index in [9.17, 15) is 4.79 Å². The molecule has 0 saturated carbocycles. The van der Waals surface area contributed by atoms with Crippen molar-refractivity contribution in [2.24, 2.45) is 0 Å². The highest BCUT2D eigenvalue weighted by atomic mass is 16.5. The lowest BCUT2D eigenvalue weighted by atomic mass is 9.80. The molecule has 2 aromatic carbocycles. The van der Waals surface area contributed by atoms with E-state index in [2.05, 4.69) is 5.32 Å². The van der Waals surface area contributed by atoms with E-state index >= 15 is 0 Å². The van der Waals surface area contributed by atoms with Crippen LogP contribution in [0, 0.1) is 0 Å². The summed E-state index contributed by atoms with van der Waals surface area (Å²) in [6.45, 7) is 0.368. The summed E-state index contributed by atoms with van der Waals surface area (Å²) in [7, 11) is 0.0927. The number of methoxy groups -OCH3 is 1. The third-order valence-electron chi connectivity index (χ3n) is 3.08. The summed E-state index contributed by atoms with van der Waals surface area (Å²) in [5.74, 6) is 0.522. The molecule has 0 atom stereocenters. The first-order valence-electron chi connectivity index (χ1n) is 6.47. The van der Waals surface area contributed by atoms with Gasteiger partial charge in [0, 0.05) is 12.1 Å². The van der Waals surface area contributed by atoms with Gasteiger partial charge in [-0.2, -0.15) is 0 Å². The molecule has 108 valence electrons. The number of ether oxygens (including phenoxy) is 1. The first-order valence-corrected chi connectivity index (χ1v) is 6.47. The van der Waals surface area contributed by atoms with Crippen LogP contribution in [0.2, 0.25) is 0 Å². The first kappa shape index (κ1) is 15.1. The Hall–Kier alpha value is -2.31. The quantitative estimate of drug-likeness (QED) is 0.691. The van der Waals surface area contributed by atoms with Crippen LogP contribution in [0.4, 0.5) is 0 Å². The SMILES string of the molecule is COc1ccc(C(=O)NCc2ccc(B(O)O)cc2)cc1. The molecular formula is C15H16BNO4. The smallest absolute Gasteiger partial charge is 0.488 e. The van der Waals surface area contributed by atoms with Crippen molar-refractivity contribution in [3.63, 3.8) is 0 Å². The summed E-state index contributed by atoms with van der Waals surface area (Å²) in [5, 5.41) is 20.8. The van der Waals surface area contributed by atoms with Gasteiger partial charge in [0.15, 0.2) is 0 Å². The second kappa shape index (κ2) is 6.92. The molecule has 21 heavy (non-hydrogen) atoms. The van der Waals surface area contributed by atoms with Gasteiger partial charge in [0.2, 0.25) is 0 Å². The predicted octanol–water partition coefficient (Wildman–Crippen LogP) is 0.305. The maximum Gasteiger partial charge on any atom is 0.488 e. The molecule has 0 aliphatic heterocycles. The zero-order valence-electron chi connectivity index (χ0n) is 11.6. The maximum absolute atomic E-state index is 12.0. The molecule has 0 unspecified atom stereocenters. The van der Waals surface area contributed by atoms with Gasteiger partial charge in [0.1, 0.15) is 5.75 Å². The summed E-state index contributed by atoms with van der Waals surface area (Å²) in [6, 6.07) is 13.5. The van der Waals surface area contributed by atoms with Crippen molar-refractivity contribution in [1.82, 2.24) is 5.32 Å². The Kier molecular flexibility index (Phi) is 4.97. The van der Waals surface area contributed by atoms with Gasteiger partial charge in [-0.15, -0.1) is 0 Å². The monoisotopic (exact) mass is 285 g/mol. The summed E-state index contributed by atoms with van der Waals surface area (Å²) in [4.78, 5) is 12.0. The molecule has 0 heterocycles. The Bertz CT molecular complexity index is 596. The summed E-state index contributed by atoms with van der Waals surface area (Å²) < 4.78 is 5.04. The lowest BCUT2D eigenvalue weighted by Crippen LogP contribution is -2.29. The molecule has 6 heteroatoms. The van der Waals surface area contributed by atoms with Crippen LogP contribution in [-0.2, 0) is 6.54 Å². The van der Waals surface area contributed by atoms with Crippen LogP contribution < -0.4 is 15.5 Å². The fourth-order valence-electron chi connectivity index (χ4n) is 1.83. The zero-order valence-corrected chi connectivity index (χ0v) is 11.6. The van der Waals surface area contributed by atoms with Gasteiger partial charge >= 0.3 is 7.12 Å². The number of hydrogen-bond acceptors (Lipinski definition) is 4. The lowest BCUT2D eigenvalue weighted by Gasteiger charge is -2.07. The van der Waals surface area contributed by atoms with Crippen LogP contribution in [0.5, 0.6) is 5.75 Å². The Morgan fingerprint density at radius 1 is 1.10 bits per heavy atom. The van der Waals surface area contributed by atoms with E-state index in [1.807, 2.05) is 0 Å². The highest BCUT2D eigenvalue weighted by Crippen LogP contribution is 2.11. The van der Waals surface area contributed by atoms with Gasteiger partial charge in [0.25, 0.3) is 5.91 Å². The van der Waals surface area contributed by atoms with Crippen molar-refractivity contribution in [3.05, 3.63) is 59.7 Å². The average molecular weight is 285 g/mol. The predicted molar refractivity (Wildman–Crippen MR) is 80.4 cm³/mol. The van der Waals surface area contributed by atoms with E-state index in [-0.39, 0.29) is 5.91 Å². The number of amides is 1. The Morgan fingerprint density at radius 2 is 1.71 bits per heavy atom. The number of rotatable bonds is 5. The molecule has 2 aromatic rings. The number of nitrogens with one attached hydrogen (secondary N) is 1. The van der Waals surface area contributed by atoms with Crippen LogP contribution in [0.3, 0.4) is 0 Å². The second-order valence-corrected chi connectivity index (χ2v) is 4.53. The molecular weight excluding hydrogens is 269 g/mol. The van der Waals surface area contributed by atoms with E-state index in [0.717, 1.165) is 5.56 Å². The van der Waals surface area contributed by atoms with Gasteiger partial charge < -0.3 is 20.1 Å². The van der Waals surface area contributed by atoms with Crippen LogP contribution in [-0.4, -0.2) is 30.2 Å². The third kappa shape index (κ3) is 4.08. The molecule has 1 amide bonds. The fraction of sp³-hybridized carbons (Fsp3) is 0.133. The molecule has 2 rings (SSSR count). The Labute approximate surface area is 123 Å². The zero-order chi connectivity index (χ0) is 15.2. The second-order valence-electron chi connectivity index (χ2n) is 4.53. The van der Waals surface area contributed by atoms with Crippen LogP contribution in [0.1, 0.15) is 15.9 Å². The van der Waals surface area contributed by atoms with Crippen molar-refractivity contribution < 1.29 is 19.6 Å². The van der Waals surface area contributed by atoms with Gasteiger partial charge in [-0.3, -0.25) is 4.79 Å². The molecule has 0 aliphatic rings. The number of benzene rings is 2. The van der Waals surface area contributed by atoms with E-state index in [0.29, 0.717) is 23.3 Å². The van der Waals surface area contributed by atoms with Gasteiger partial charge in [-0.1, -0.05) is 24.3 Å². The number of hydrogen-bond donors (Lipinski definition) is 3.